The van der Waals surface area contributed by atoms with Crippen molar-refractivity contribution in [3.63, 3.8) is 0 Å². The molecule has 0 radical (unpaired) electrons. The van der Waals surface area contributed by atoms with Gasteiger partial charge in [-0.3, -0.25) is 0 Å². The van der Waals surface area contributed by atoms with Crippen molar-refractivity contribution in [2.45, 2.75) is 5.33 Å². The van der Waals surface area contributed by atoms with Gasteiger partial charge in [0.05, 0.1) is 14.2 Å². The fourth-order valence-electron chi connectivity index (χ4n) is 1.14. The minimum absolute atomic E-state index is 0.328. The molecule has 0 fully saturated rings. The van der Waals surface area contributed by atoms with Crippen LogP contribution in [0.2, 0.25) is 5.02 Å². The number of benzene rings is 1. The molecule has 0 unspecified atom stereocenters. The van der Waals surface area contributed by atoms with E-state index in [2.05, 4.69) is 20.7 Å². The molecule has 0 saturated carbocycles. The maximum Gasteiger partial charge on any atom is 0.341 e. The molecular formula is C10H10BrClO3. The number of ether oxygens (including phenoxy) is 2. The van der Waals surface area contributed by atoms with Crippen LogP contribution in [0.3, 0.4) is 0 Å². The summed E-state index contributed by atoms with van der Waals surface area (Å²) in [6.07, 6.45) is 0. The third-order valence-corrected chi connectivity index (χ3v) is 2.87. The first-order valence-corrected chi connectivity index (χ1v) is 5.64. The van der Waals surface area contributed by atoms with Crippen molar-refractivity contribution < 1.29 is 14.3 Å². The van der Waals surface area contributed by atoms with Gasteiger partial charge in [0.15, 0.2) is 0 Å². The molecule has 0 aliphatic rings. The van der Waals surface area contributed by atoms with Crippen molar-refractivity contribution >= 4 is 33.5 Å². The van der Waals surface area contributed by atoms with Gasteiger partial charge in [0, 0.05) is 10.4 Å². The van der Waals surface area contributed by atoms with E-state index in [1.54, 1.807) is 12.1 Å². The monoisotopic (exact) mass is 292 g/mol. The second-order valence-electron chi connectivity index (χ2n) is 2.77. The Balaban J connectivity index is 3.27. The molecule has 1 aromatic rings. The molecule has 15 heavy (non-hydrogen) atoms. The SMILES string of the molecule is COC(=O)c1cc(Cl)c(CBr)cc1OC. The summed E-state index contributed by atoms with van der Waals surface area (Å²) >= 11 is 9.26. The van der Waals surface area contributed by atoms with Crippen LogP contribution in [0.5, 0.6) is 5.75 Å². The molecule has 0 aliphatic heterocycles. The lowest BCUT2D eigenvalue weighted by Crippen LogP contribution is -2.04. The topological polar surface area (TPSA) is 35.5 Å². The highest BCUT2D eigenvalue weighted by Crippen LogP contribution is 2.28. The van der Waals surface area contributed by atoms with Crippen LogP contribution in [-0.2, 0) is 10.1 Å². The van der Waals surface area contributed by atoms with Crippen LogP contribution in [0.1, 0.15) is 15.9 Å². The van der Waals surface area contributed by atoms with E-state index in [0.717, 1.165) is 5.56 Å². The van der Waals surface area contributed by atoms with Crippen molar-refractivity contribution in [2.24, 2.45) is 0 Å². The molecule has 0 spiro atoms. The van der Waals surface area contributed by atoms with Crippen molar-refractivity contribution in [3.8, 4) is 5.75 Å². The molecule has 1 aromatic carbocycles. The highest BCUT2D eigenvalue weighted by molar-refractivity contribution is 9.08. The molecule has 5 heteroatoms. The molecule has 3 nitrogen and oxygen atoms in total. The number of hydrogen-bond donors (Lipinski definition) is 0. The zero-order chi connectivity index (χ0) is 11.4. The predicted molar refractivity (Wildman–Crippen MR) is 62.0 cm³/mol. The first-order chi connectivity index (χ1) is 7.13. The maximum atomic E-state index is 11.4. The Morgan fingerprint density at radius 1 is 1.47 bits per heavy atom. The summed E-state index contributed by atoms with van der Waals surface area (Å²) < 4.78 is 9.70. The van der Waals surface area contributed by atoms with Gasteiger partial charge in [-0.2, -0.15) is 0 Å². The number of rotatable bonds is 3. The second kappa shape index (κ2) is 5.37. The van der Waals surface area contributed by atoms with Gasteiger partial charge in [-0.05, 0) is 17.7 Å². The minimum atomic E-state index is -0.463. The van der Waals surface area contributed by atoms with Crippen molar-refractivity contribution in [1.82, 2.24) is 0 Å². The third-order valence-electron chi connectivity index (χ3n) is 1.92. The molecule has 0 atom stereocenters. The zero-order valence-electron chi connectivity index (χ0n) is 8.34. The third kappa shape index (κ3) is 2.63. The van der Waals surface area contributed by atoms with Gasteiger partial charge < -0.3 is 9.47 Å². The smallest absolute Gasteiger partial charge is 0.341 e. The minimum Gasteiger partial charge on any atom is -0.496 e. The molecule has 1 rings (SSSR count). The van der Waals surface area contributed by atoms with Gasteiger partial charge in [-0.25, -0.2) is 4.79 Å². The standard InChI is InChI=1S/C10H10BrClO3/c1-14-9-3-6(5-11)8(12)4-7(9)10(13)15-2/h3-4H,5H2,1-2H3. The average Bonchev–Trinajstić information content (AvgIpc) is 2.27. The van der Waals surface area contributed by atoms with E-state index in [4.69, 9.17) is 16.3 Å². The maximum absolute atomic E-state index is 11.4. The number of alkyl halides is 1. The highest BCUT2D eigenvalue weighted by Gasteiger charge is 2.15. The van der Waals surface area contributed by atoms with Gasteiger partial charge in [0.1, 0.15) is 11.3 Å². The van der Waals surface area contributed by atoms with Crippen LogP contribution in [0.25, 0.3) is 0 Å². The van der Waals surface area contributed by atoms with E-state index in [0.29, 0.717) is 21.7 Å². The second-order valence-corrected chi connectivity index (χ2v) is 3.74. The van der Waals surface area contributed by atoms with Crippen LogP contribution >= 0.6 is 27.5 Å². The Morgan fingerprint density at radius 2 is 2.13 bits per heavy atom. The Bertz CT molecular complexity index is 379. The zero-order valence-corrected chi connectivity index (χ0v) is 10.7. The number of esters is 1. The first-order valence-electron chi connectivity index (χ1n) is 4.14. The van der Waals surface area contributed by atoms with Crippen LogP contribution in [0, 0.1) is 0 Å². The summed E-state index contributed by atoms with van der Waals surface area (Å²) in [5.74, 6) is -0.00410. The van der Waals surface area contributed by atoms with Crippen molar-refractivity contribution in [3.05, 3.63) is 28.3 Å². The molecule has 0 bridgehead atoms. The largest absolute Gasteiger partial charge is 0.496 e. The average molecular weight is 294 g/mol. The lowest BCUT2D eigenvalue weighted by Gasteiger charge is -2.09. The van der Waals surface area contributed by atoms with E-state index in [9.17, 15) is 4.79 Å². The Labute approximate surface area is 101 Å². The van der Waals surface area contributed by atoms with Gasteiger partial charge in [0.2, 0.25) is 0 Å². The fourth-order valence-corrected chi connectivity index (χ4v) is 1.99. The van der Waals surface area contributed by atoms with E-state index in [1.807, 2.05) is 0 Å². The quantitative estimate of drug-likeness (QED) is 0.635. The van der Waals surface area contributed by atoms with E-state index >= 15 is 0 Å². The number of carbonyl (C=O) groups is 1. The molecule has 0 aromatic heterocycles. The molecule has 0 amide bonds. The molecule has 82 valence electrons. The van der Waals surface area contributed by atoms with Gasteiger partial charge in [0.25, 0.3) is 0 Å². The van der Waals surface area contributed by atoms with Crippen LogP contribution < -0.4 is 4.74 Å². The Kier molecular flexibility index (Phi) is 4.42. The molecule has 0 aliphatic carbocycles. The summed E-state index contributed by atoms with van der Waals surface area (Å²) in [4.78, 5) is 11.4. The van der Waals surface area contributed by atoms with Crippen LogP contribution in [0.15, 0.2) is 12.1 Å². The van der Waals surface area contributed by atoms with Crippen LogP contribution in [0.4, 0.5) is 0 Å². The Morgan fingerprint density at radius 3 is 2.60 bits per heavy atom. The summed E-state index contributed by atoms with van der Waals surface area (Å²) in [6, 6.07) is 3.26. The number of methoxy groups -OCH3 is 2. The summed E-state index contributed by atoms with van der Waals surface area (Å²) in [5, 5.41) is 1.11. The number of hydrogen-bond acceptors (Lipinski definition) is 3. The summed E-state index contributed by atoms with van der Waals surface area (Å²) in [6.45, 7) is 0. The molecular weight excluding hydrogens is 283 g/mol. The molecule has 0 heterocycles. The summed E-state index contributed by atoms with van der Waals surface area (Å²) in [5.41, 5.74) is 1.19. The first kappa shape index (κ1) is 12.3. The van der Waals surface area contributed by atoms with Gasteiger partial charge in [-0.15, -0.1) is 0 Å². The van der Waals surface area contributed by atoms with Crippen molar-refractivity contribution in [1.29, 1.82) is 0 Å². The highest BCUT2D eigenvalue weighted by atomic mass is 79.9. The summed E-state index contributed by atoms with van der Waals surface area (Å²) in [7, 11) is 2.81. The van der Waals surface area contributed by atoms with E-state index < -0.39 is 5.97 Å². The molecule has 0 N–H and O–H groups in total. The van der Waals surface area contributed by atoms with E-state index in [-0.39, 0.29) is 0 Å². The number of halogens is 2. The van der Waals surface area contributed by atoms with Crippen molar-refractivity contribution in [2.75, 3.05) is 14.2 Å². The molecule has 0 saturated heterocycles. The number of carbonyl (C=O) groups excluding carboxylic acids is 1. The lowest BCUT2D eigenvalue weighted by atomic mass is 10.1. The fraction of sp³-hybridized carbons (Fsp3) is 0.300. The van der Waals surface area contributed by atoms with Crippen LogP contribution in [-0.4, -0.2) is 20.2 Å². The lowest BCUT2D eigenvalue weighted by molar-refractivity contribution is 0.0597. The predicted octanol–water partition coefficient (Wildman–Crippen LogP) is 3.03. The Hall–Kier alpha value is -0.740. The van der Waals surface area contributed by atoms with Gasteiger partial charge in [-0.1, -0.05) is 27.5 Å². The van der Waals surface area contributed by atoms with E-state index in [1.165, 1.54) is 14.2 Å². The van der Waals surface area contributed by atoms with Gasteiger partial charge >= 0.3 is 5.97 Å². The normalized spacial score (nSPS) is 9.87.